The molecule has 0 saturated carbocycles. The van der Waals surface area contributed by atoms with Gasteiger partial charge >= 0.3 is 0 Å². The normalized spacial score (nSPS) is 18.9. The molecule has 7 nitrogen and oxygen atoms in total. The molecule has 0 fully saturated rings. The van der Waals surface area contributed by atoms with Crippen LogP contribution in [0.2, 0.25) is 4.34 Å². The van der Waals surface area contributed by atoms with Crippen molar-refractivity contribution < 1.29 is 14.4 Å². The molecule has 4 heterocycles. The zero-order valence-electron chi connectivity index (χ0n) is 12.9. The first-order chi connectivity index (χ1) is 11.4. The lowest BCUT2D eigenvalue weighted by atomic mass is 9.92. The molecule has 0 aliphatic carbocycles. The fourth-order valence-electron chi connectivity index (χ4n) is 2.41. The van der Waals surface area contributed by atoms with E-state index in [2.05, 4.69) is 20.1 Å². The van der Waals surface area contributed by atoms with Crippen LogP contribution in [-0.2, 0) is 6.42 Å². The van der Waals surface area contributed by atoms with Gasteiger partial charge in [0.2, 0.25) is 11.7 Å². The Morgan fingerprint density at radius 3 is 2.92 bits per heavy atom. The number of pyridine rings is 1. The van der Waals surface area contributed by atoms with Gasteiger partial charge < -0.3 is 14.4 Å². The third kappa shape index (κ3) is 2.66. The molecular weight excluding hydrogens is 352 g/mol. The van der Waals surface area contributed by atoms with Gasteiger partial charge in [0, 0.05) is 18.2 Å². The van der Waals surface area contributed by atoms with Crippen molar-refractivity contribution >= 4 is 22.9 Å². The summed E-state index contributed by atoms with van der Waals surface area (Å²) in [7, 11) is 0. The Morgan fingerprint density at radius 2 is 2.17 bits per heavy atom. The van der Waals surface area contributed by atoms with Crippen molar-refractivity contribution in [2.24, 2.45) is 0 Å². The maximum absolute atomic E-state index is 10.2. The number of aromatic nitrogens is 4. The Kier molecular flexibility index (Phi) is 3.56. The fourth-order valence-corrected chi connectivity index (χ4v) is 3.25. The van der Waals surface area contributed by atoms with Gasteiger partial charge in [-0.15, -0.1) is 0 Å². The summed E-state index contributed by atoms with van der Waals surface area (Å²) in [4.78, 5) is 12.8. The molecule has 1 aliphatic rings. The third-order valence-electron chi connectivity index (χ3n) is 3.84. The van der Waals surface area contributed by atoms with Crippen molar-refractivity contribution in [3.05, 3.63) is 28.4 Å². The number of rotatable bonds is 2. The van der Waals surface area contributed by atoms with Crippen molar-refractivity contribution in [3.8, 4) is 28.2 Å². The zero-order valence-corrected chi connectivity index (χ0v) is 14.4. The Morgan fingerprint density at radius 1 is 1.33 bits per heavy atom. The molecule has 0 spiro atoms. The van der Waals surface area contributed by atoms with Crippen molar-refractivity contribution in [1.82, 2.24) is 20.1 Å². The van der Waals surface area contributed by atoms with Crippen LogP contribution in [0.1, 0.15) is 19.4 Å². The number of aliphatic hydroxyl groups excluding tert-OH is 1. The zero-order chi connectivity index (χ0) is 16.9. The van der Waals surface area contributed by atoms with E-state index in [1.54, 1.807) is 12.4 Å². The van der Waals surface area contributed by atoms with Gasteiger partial charge in [0.05, 0.1) is 17.9 Å². The summed E-state index contributed by atoms with van der Waals surface area (Å²) in [6, 6.07) is 1.84. The highest BCUT2D eigenvalue weighted by atomic mass is 35.5. The second-order valence-corrected chi connectivity index (χ2v) is 7.67. The highest BCUT2D eigenvalue weighted by Crippen LogP contribution is 2.34. The van der Waals surface area contributed by atoms with Crippen LogP contribution in [0.15, 0.2) is 23.0 Å². The van der Waals surface area contributed by atoms with Crippen LogP contribution in [0, 0.1) is 0 Å². The molecule has 1 N–H and O–H groups in total. The number of hydrogen-bond acceptors (Lipinski definition) is 8. The monoisotopic (exact) mass is 364 g/mol. The molecule has 0 bridgehead atoms. The number of thiazole rings is 1. The summed E-state index contributed by atoms with van der Waals surface area (Å²) in [6.07, 6.45) is 2.99. The van der Waals surface area contributed by atoms with Gasteiger partial charge in [-0.3, -0.25) is 0 Å². The smallest absolute Gasteiger partial charge is 0.259 e. The van der Waals surface area contributed by atoms with Gasteiger partial charge in [0.1, 0.15) is 9.94 Å². The maximum atomic E-state index is 10.2. The van der Waals surface area contributed by atoms with Crippen LogP contribution in [0.3, 0.4) is 0 Å². The Bertz CT molecular complexity index is 908. The molecule has 0 amide bonds. The quantitative estimate of drug-likeness (QED) is 0.746. The minimum atomic E-state index is -0.663. The van der Waals surface area contributed by atoms with Crippen LogP contribution in [0.25, 0.3) is 22.3 Å². The van der Waals surface area contributed by atoms with Crippen molar-refractivity contribution in [2.75, 3.05) is 0 Å². The number of aliphatic hydroxyl groups is 1. The summed E-state index contributed by atoms with van der Waals surface area (Å²) in [5.74, 6) is 1.21. The Labute approximate surface area is 146 Å². The fraction of sp³-hybridized carbons (Fsp3) is 0.333. The van der Waals surface area contributed by atoms with E-state index < -0.39 is 11.7 Å². The van der Waals surface area contributed by atoms with E-state index >= 15 is 0 Å². The number of halogens is 1. The first kappa shape index (κ1) is 15.5. The summed E-state index contributed by atoms with van der Waals surface area (Å²) < 4.78 is 11.6. The van der Waals surface area contributed by atoms with E-state index in [1.165, 1.54) is 11.3 Å². The van der Waals surface area contributed by atoms with Gasteiger partial charge in [-0.25, -0.2) is 9.97 Å². The van der Waals surface area contributed by atoms with Crippen LogP contribution >= 0.6 is 22.9 Å². The molecule has 4 rings (SSSR count). The van der Waals surface area contributed by atoms with Gasteiger partial charge in [-0.2, -0.15) is 4.98 Å². The predicted octanol–water partition coefficient (Wildman–Crippen LogP) is 2.98. The second kappa shape index (κ2) is 5.51. The molecule has 1 atom stereocenters. The number of fused-ring (bicyclic) bond motifs is 1. The number of ether oxygens (including phenoxy) is 1. The lowest BCUT2D eigenvalue weighted by molar-refractivity contribution is -0.0442. The maximum Gasteiger partial charge on any atom is 0.259 e. The highest BCUT2D eigenvalue weighted by molar-refractivity contribution is 7.18. The van der Waals surface area contributed by atoms with E-state index in [9.17, 15) is 5.11 Å². The molecule has 9 heteroatoms. The molecular formula is C15H13ClN4O3S. The van der Waals surface area contributed by atoms with Crippen LogP contribution in [0.5, 0.6) is 5.88 Å². The molecule has 1 aliphatic heterocycles. The third-order valence-corrected chi connectivity index (χ3v) is 4.95. The molecule has 0 saturated heterocycles. The van der Waals surface area contributed by atoms with Crippen molar-refractivity contribution in [1.29, 1.82) is 0 Å². The number of nitrogens with zero attached hydrogens (tertiary/aromatic N) is 4. The van der Waals surface area contributed by atoms with E-state index in [1.807, 2.05) is 19.9 Å². The Balaban J connectivity index is 1.67. The topological polar surface area (TPSA) is 94.2 Å². The second-order valence-electron chi connectivity index (χ2n) is 6.01. The molecule has 0 aromatic carbocycles. The summed E-state index contributed by atoms with van der Waals surface area (Å²) in [5, 5.41) is 14.7. The largest absolute Gasteiger partial charge is 0.469 e. The van der Waals surface area contributed by atoms with E-state index in [-0.39, 0.29) is 0 Å². The van der Waals surface area contributed by atoms with E-state index in [4.69, 9.17) is 20.9 Å². The average molecular weight is 365 g/mol. The predicted molar refractivity (Wildman–Crippen MR) is 88.1 cm³/mol. The molecule has 24 heavy (non-hydrogen) atoms. The van der Waals surface area contributed by atoms with Crippen molar-refractivity contribution in [3.63, 3.8) is 0 Å². The van der Waals surface area contributed by atoms with E-state index in [0.29, 0.717) is 38.9 Å². The summed E-state index contributed by atoms with van der Waals surface area (Å²) in [6.45, 7) is 3.67. The highest BCUT2D eigenvalue weighted by Gasteiger charge is 2.36. The van der Waals surface area contributed by atoms with Gasteiger partial charge in [-0.1, -0.05) is 28.1 Å². The average Bonchev–Trinajstić information content (AvgIpc) is 3.16. The summed E-state index contributed by atoms with van der Waals surface area (Å²) >= 11 is 7.15. The van der Waals surface area contributed by atoms with Crippen LogP contribution < -0.4 is 4.74 Å². The standard InChI is InChI=1S/C15H13ClN4O3S/c1-15(2)9(21)4-7-3-8(5-17-12(7)22-15)13-19-11(20-23-13)14-18-6-10(16)24-14/h3,5-6,9,21H,4H2,1-2H3/t9-/m1/s1. The minimum absolute atomic E-state index is 0.325. The minimum Gasteiger partial charge on any atom is -0.469 e. The molecule has 124 valence electrons. The Hall–Kier alpha value is -2.03. The van der Waals surface area contributed by atoms with Crippen LogP contribution in [-0.4, -0.2) is 36.9 Å². The lowest BCUT2D eigenvalue weighted by Gasteiger charge is -2.36. The van der Waals surface area contributed by atoms with Crippen LogP contribution in [0.4, 0.5) is 0 Å². The van der Waals surface area contributed by atoms with E-state index in [0.717, 1.165) is 5.56 Å². The van der Waals surface area contributed by atoms with Gasteiger partial charge in [0.15, 0.2) is 5.01 Å². The first-order valence-electron chi connectivity index (χ1n) is 7.24. The SMILES string of the molecule is CC1(C)Oc2ncc(-c3nc(-c4ncc(Cl)s4)no3)cc2C[C@H]1O. The van der Waals surface area contributed by atoms with Gasteiger partial charge in [0.25, 0.3) is 5.89 Å². The lowest BCUT2D eigenvalue weighted by Crippen LogP contribution is -2.46. The van der Waals surface area contributed by atoms with Crippen molar-refractivity contribution in [2.45, 2.75) is 32.0 Å². The molecule has 0 radical (unpaired) electrons. The summed E-state index contributed by atoms with van der Waals surface area (Å²) in [5.41, 5.74) is 0.797. The molecule has 0 unspecified atom stereocenters. The first-order valence-corrected chi connectivity index (χ1v) is 8.43. The molecule has 3 aromatic rings. The number of hydrogen-bond donors (Lipinski definition) is 1. The molecule has 3 aromatic heterocycles. The van der Waals surface area contributed by atoms with Gasteiger partial charge in [-0.05, 0) is 19.9 Å².